The van der Waals surface area contributed by atoms with Crippen molar-refractivity contribution in [2.75, 3.05) is 13.7 Å². The van der Waals surface area contributed by atoms with E-state index in [1.807, 2.05) is 0 Å². The second-order valence-electron chi connectivity index (χ2n) is 4.34. The van der Waals surface area contributed by atoms with Gasteiger partial charge in [-0.3, -0.25) is 13.7 Å². The first-order valence-corrected chi connectivity index (χ1v) is 7.43. The van der Waals surface area contributed by atoms with Gasteiger partial charge < -0.3 is 4.98 Å². The molecule has 1 aliphatic rings. The third kappa shape index (κ3) is 3.24. The number of aromatic amines is 1. The van der Waals surface area contributed by atoms with Crippen molar-refractivity contribution >= 4 is 27.0 Å². The van der Waals surface area contributed by atoms with Crippen molar-refractivity contribution in [2.24, 2.45) is 4.99 Å². The molecule has 0 radical (unpaired) electrons. The molecule has 0 atom stereocenters. The van der Waals surface area contributed by atoms with Gasteiger partial charge in [-0.15, -0.1) is 0 Å². The summed E-state index contributed by atoms with van der Waals surface area (Å²) in [6, 6.07) is 8.47. The van der Waals surface area contributed by atoms with E-state index in [2.05, 4.69) is 45.3 Å². The van der Waals surface area contributed by atoms with Crippen LogP contribution in [0.15, 0.2) is 29.3 Å². The maximum absolute atomic E-state index is 9.33. The Labute approximate surface area is 117 Å². The molecule has 0 saturated carbocycles. The minimum absolute atomic E-state index is 0.870. The van der Waals surface area contributed by atoms with Crippen molar-refractivity contribution in [3.63, 3.8) is 0 Å². The molecule has 0 fully saturated rings. The lowest BCUT2D eigenvalue weighted by atomic mass is 10.0. The van der Waals surface area contributed by atoms with Crippen molar-refractivity contribution in [1.82, 2.24) is 4.98 Å². The van der Waals surface area contributed by atoms with E-state index >= 15 is 0 Å². The maximum atomic E-state index is 9.33. The first-order valence-electron chi connectivity index (χ1n) is 6.06. The summed E-state index contributed by atoms with van der Waals surface area (Å²) in [7, 11) is -3.29. The van der Waals surface area contributed by atoms with Crippen molar-refractivity contribution in [2.45, 2.75) is 13.3 Å². The summed E-state index contributed by atoms with van der Waals surface area (Å²) >= 11 is 0. The molecule has 3 rings (SSSR count). The van der Waals surface area contributed by atoms with Gasteiger partial charge in [0.25, 0.3) is 0 Å². The Morgan fingerprint density at radius 3 is 2.65 bits per heavy atom. The fourth-order valence-electron chi connectivity index (χ4n) is 2.18. The molecule has 0 aliphatic carbocycles. The lowest BCUT2D eigenvalue weighted by molar-refractivity contribution is 0.324. The van der Waals surface area contributed by atoms with Crippen LogP contribution in [0.1, 0.15) is 18.2 Å². The standard InChI is InChI=1S/C12H12N2.CH4O4S/c1-8-12-10(6-7-13-8)9-4-2-3-5-11(9)14-12;1-5-6(2,3)4/h2-5,14H,6-7H2,1H3;1H3,(H,2,3,4). The number of benzene rings is 1. The quantitative estimate of drug-likeness (QED) is 0.787. The zero-order valence-electron chi connectivity index (χ0n) is 11.3. The third-order valence-electron chi connectivity index (χ3n) is 3.10. The number of aromatic nitrogens is 1. The molecule has 2 N–H and O–H groups in total. The lowest BCUT2D eigenvalue weighted by Crippen LogP contribution is -2.08. The van der Waals surface area contributed by atoms with Gasteiger partial charge >= 0.3 is 10.4 Å². The summed E-state index contributed by atoms with van der Waals surface area (Å²) in [6.45, 7) is 3.01. The number of hydrogen-bond acceptors (Lipinski definition) is 4. The van der Waals surface area contributed by atoms with Gasteiger partial charge in [0.1, 0.15) is 0 Å². The van der Waals surface area contributed by atoms with E-state index in [-0.39, 0.29) is 0 Å². The van der Waals surface area contributed by atoms with Crippen LogP contribution in [0.3, 0.4) is 0 Å². The molecule has 1 aromatic heterocycles. The number of rotatable bonds is 1. The normalized spacial score (nSPS) is 14.2. The zero-order valence-corrected chi connectivity index (χ0v) is 12.1. The van der Waals surface area contributed by atoms with E-state index in [0.717, 1.165) is 25.8 Å². The molecule has 20 heavy (non-hydrogen) atoms. The van der Waals surface area contributed by atoms with Gasteiger partial charge in [-0.25, -0.2) is 0 Å². The summed E-state index contributed by atoms with van der Waals surface area (Å²) < 4.78 is 29.7. The van der Waals surface area contributed by atoms with Crippen molar-refractivity contribution in [1.29, 1.82) is 0 Å². The number of nitrogens with one attached hydrogen (secondary N) is 1. The predicted molar refractivity (Wildman–Crippen MR) is 77.6 cm³/mol. The number of fused-ring (bicyclic) bond motifs is 3. The highest BCUT2D eigenvalue weighted by atomic mass is 32.3. The molecule has 1 aromatic carbocycles. The maximum Gasteiger partial charge on any atom is 0.397 e. The van der Waals surface area contributed by atoms with Gasteiger partial charge in [0, 0.05) is 17.4 Å². The smallest absolute Gasteiger partial charge is 0.353 e. The average Bonchev–Trinajstić information content (AvgIpc) is 2.79. The van der Waals surface area contributed by atoms with E-state index in [4.69, 9.17) is 4.55 Å². The van der Waals surface area contributed by atoms with Gasteiger partial charge in [0.2, 0.25) is 0 Å². The zero-order chi connectivity index (χ0) is 14.8. The second-order valence-corrected chi connectivity index (χ2v) is 5.52. The van der Waals surface area contributed by atoms with E-state index in [1.54, 1.807) is 0 Å². The highest BCUT2D eigenvalue weighted by molar-refractivity contribution is 7.80. The van der Waals surface area contributed by atoms with Crippen molar-refractivity contribution in [3.8, 4) is 0 Å². The summed E-state index contributed by atoms with van der Waals surface area (Å²) in [5.41, 5.74) is 5.04. The Morgan fingerprint density at radius 2 is 2.00 bits per heavy atom. The van der Waals surface area contributed by atoms with Crippen LogP contribution in [0, 0.1) is 0 Å². The Kier molecular flexibility index (Phi) is 4.22. The lowest BCUT2D eigenvalue weighted by Gasteiger charge is -2.08. The number of H-pyrrole nitrogens is 1. The monoisotopic (exact) mass is 296 g/mol. The minimum Gasteiger partial charge on any atom is -0.353 e. The first kappa shape index (κ1) is 14.7. The number of aliphatic imine (C=N–C) groups is 1. The summed E-state index contributed by atoms with van der Waals surface area (Å²) in [4.78, 5) is 7.89. The molecule has 0 unspecified atom stereocenters. The second kappa shape index (κ2) is 5.74. The van der Waals surface area contributed by atoms with Gasteiger partial charge in [-0.2, -0.15) is 8.42 Å². The first-order chi connectivity index (χ1) is 9.42. The fourth-order valence-corrected chi connectivity index (χ4v) is 2.18. The Balaban J connectivity index is 0.000000212. The van der Waals surface area contributed by atoms with Crippen LogP contribution in [0.25, 0.3) is 10.9 Å². The van der Waals surface area contributed by atoms with Gasteiger partial charge in [-0.1, -0.05) is 18.2 Å². The molecular formula is C13H16N2O4S. The number of para-hydroxylation sites is 1. The number of hydrogen-bond donors (Lipinski definition) is 2. The van der Waals surface area contributed by atoms with Crippen molar-refractivity contribution in [3.05, 3.63) is 35.5 Å². The molecule has 108 valence electrons. The highest BCUT2D eigenvalue weighted by Gasteiger charge is 2.15. The average molecular weight is 296 g/mol. The molecular weight excluding hydrogens is 280 g/mol. The molecule has 2 aromatic rings. The highest BCUT2D eigenvalue weighted by Crippen LogP contribution is 2.25. The number of nitrogens with zero attached hydrogens (tertiary/aromatic N) is 1. The summed E-state index contributed by atoms with van der Waals surface area (Å²) in [5.74, 6) is 0. The molecule has 0 bridgehead atoms. The Hall–Kier alpha value is -1.70. The van der Waals surface area contributed by atoms with E-state index < -0.39 is 10.4 Å². The molecule has 0 saturated heterocycles. The minimum atomic E-state index is -4.16. The van der Waals surface area contributed by atoms with Crippen LogP contribution in [-0.2, 0) is 21.0 Å². The fraction of sp³-hybridized carbons (Fsp3) is 0.308. The molecule has 6 nitrogen and oxygen atoms in total. The molecule has 0 amide bonds. The molecule has 1 aliphatic heterocycles. The summed E-state index contributed by atoms with van der Waals surface area (Å²) in [5, 5.41) is 1.36. The third-order valence-corrected chi connectivity index (χ3v) is 3.52. The summed E-state index contributed by atoms with van der Waals surface area (Å²) in [6.07, 6.45) is 1.07. The Bertz CT molecular complexity index is 747. The SMILES string of the molecule is CC1=NCCc2c1[nH]c1ccccc21.COS(=O)(=O)O. The van der Waals surface area contributed by atoms with Crippen LogP contribution in [0.5, 0.6) is 0 Å². The van der Waals surface area contributed by atoms with Crippen LogP contribution in [0.4, 0.5) is 0 Å². The van der Waals surface area contributed by atoms with Crippen molar-refractivity contribution < 1.29 is 17.2 Å². The van der Waals surface area contributed by atoms with E-state index in [9.17, 15) is 8.42 Å². The van der Waals surface area contributed by atoms with Crippen LogP contribution >= 0.6 is 0 Å². The van der Waals surface area contributed by atoms with Crippen LogP contribution in [0.2, 0.25) is 0 Å². The van der Waals surface area contributed by atoms with Gasteiger partial charge in [0.05, 0.1) is 18.5 Å². The molecule has 2 heterocycles. The molecule has 7 heteroatoms. The largest absolute Gasteiger partial charge is 0.397 e. The molecule has 0 spiro atoms. The van der Waals surface area contributed by atoms with Gasteiger partial charge in [0.15, 0.2) is 0 Å². The topological polar surface area (TPSA) is 91.8 Å². The van der Waals surface area contributed by atoms with E-state index in [1.165, 1.54) is 22.2 Å². The van der Waals surface area contributed by atoms with Crippen LogP contribution < -0.4 is 0 Å². The van der Waals surface area contributed by atoms with Crippen LogP contribution in [-0.4, -0.2) is 37.3 Å². The van der Waals surface area contributed by atoms with Gasteiger partial charge in [-0.05, 0) is 25.0 Å². The predicted octanol–water partition coefficient (Wildman–Crippen LogP) is 1.97. The Morgan fingerprint density at radius 1 is 1.35 bits per heavy atom. The van der Waals surface area contributed by atoms with E-state index in [0.29, 0.717) is 0 Å².